The van der Waals surface area contributed by atoms with E-state index < -0.39 is 11.9 Å². The summed E-state index contributed by atoms with van der Waals surface area (Å²) in [5, 5.41) is 9.44. The summed E-state index contributed by atoms with van der Waals surface area (Å²) in [6.07, 6.45) is 1.47. The number of amides is 1. The Morgan fingerprint density at radius 1 is 1.57 bits per heavy atom. The van der Waals surface area contributed by atoms with Gasteiger partial charge in [-0.05, 0) is 18.2 Å². The molecule has 1 aromatic carbocycles. The number of primary amides is 1. The van der Waals surface area contributed by atoms with E-state index in [4.69, 9.17) is 11.5 Å². The van der Waals surface area contributed by atoms with E-state index in [2.05, 4.69) is 6.58 Å². The molecule has 0 radical (unpaired) electrons. The highest BCUT2D eigenvalue weighted by Crippen LogP contribution is 2.24. The Balaban J connectivity index is 3.20. The van der Waals surface area contributed by atoms with E-state index in [0.717, 1.165) is 0 Å². The maximum Gasteiger partial charge on any atom is 0.248 e. The minimum Gasteiger partial charge on any atom is -0.508 e. The van der Waals surface area contributed by atoms with Gasteiger partial charge in [0.05, 0.1) is 6.04 Å². The van der Waals surface area contributed by atoms with Crippen molar-refractivity contribution in [1.29, 1.82) is 0 Å². The van der Waals surface area contributed by atoms with Gasteiger partial charge in [0.2, 0.25) is 5.91 Å². The number of rotatable bonds is 3. The molecular weight excluding hydrogens is 180 g/mol. The SMILES string of the molecule is C=CC(N)c1cc(C(N)=O)ccc1O. The van der Waals surface area contributed by atoms with Crippen LogP contribution in [0.3, 0.4) is 0 Å². The van der Waals surface area contributed by atoms with E-state index in [1.54, 1.807) is 0 Å². The van der Waals surface area contributed by atoms with E-state index >= 15 is 0 Å². The van der Waals surface area contributed by atoms with Gasteiger partial charge in [-0.2, -0.15) is 0 Å². The van der Waals surface area contributed by atoms with Crippen molar-refractivity contribution in [2.75, 3.05) is 0 Å². The molecule has 74 valence electrons. The highest BCUT2D eigenvalue weighted by molar-refractivity contribution is 5.93. The minimum absolute atomic E-state index is 0.0300. The average molecular weight is 192 g/mol. The fourth-order valence-corrected chi connectivity index (χ4v) is 1.10. The normalized spacial score (nSPS) is 12.1. The summed E-state index contributed by atoms with van der Waals surface area (Å²) in [5.41, 5.74) is 11.5. The molecule has 1 atom stereocenters. The third-order valence-electron chi connectivity index (χ3n) is 1.93. The first-order chi connectivity index (χ1) is 6.56. The van der Waals surface area contributed by atoms with E-state index in [0.29, 0.717) is 11.1 Å². The zero-order chi connectivity index (χ0) is 10.7. The first kappa shape index (κ1) is 10.3. The second-order valence-corrected chi connectivity index (χ2v) is 2.90. The Morgan fingerprint density at radius 3 is 2.71 bits per heavy atom. The van der Waals surface area contributed by atoms with E-state index in [9.17, 15) is 9.90 Å². The Labute approximate surface area is 81.8 Å². The summed E-state index contributed by atoms with van der Waals surface area (Å²) in [4.78, 5) is 10.8. The van der Waals surface area contributed by atoms with E-state index in [1.165, 1.54) is 24.3 Å². The summed E-state index contributed by atoms with van der Waals surface area (Å²) >= 11 is 0. The van der Waals surface area contributed by atoms with Crippen molar-refractivity contribution < 1.29 is 9.90 Å². The topological polar surface area (TPSA) is 89.3 Å². The Kier molecular flexibility index (Phi) is 2.89. The summed E-state index contributed by atoms with van der Waals surface area (Å²) in [6.45, 7) is 3.50. The lowest BCUT2D eigenvalue weighted by molar-refractivity contribution is 0.1000. The number of aromatic hydroxyl groups is 1. The second-order valence-electron chi connectivity index (χ2n) is 2.90. The van der Waals surface area contributed by atoms with Crippen molar-refractivity contribution in [1.82, 2.24) is 0 Å². The van der Waals surface area contributed by atoms with Gasteiger partial charge >= 0.3 is 0 Å². The van der Waals surface area contributed by atoms with Crippen LogP contribution in [0.4, 0.5) is 0 Å². The standard InChI is InChI=1S/C10H12N2O2/c1-2-8(11)7-5-6(10(12)14)3-4-9(7)13/h2-5,8,13H,1,11H2,(H2,12,14). The van der Waals surface area contributed by atoms with Crippen LogP contribution in [0.1, 0.15) is 22.0 Å². The molecule has 14 heavy (non-hydrogen) atoms. The highest BCUT2D eigenvalue weighted by Gasteiger charge is 2.10. The molecule has 0 heterocycles. The van der Waals surface area contributed by atoms with Gasteiger partial charge in [0.25, 0.3) is 0 Å². The van der Waals surface area contributed by atoms with E-state index in [-0.39, 0.29) is 5.75 Å². The molecule has 5 N–H and O–H groups in total. The molecule has 0 saturated carbocycles. The molecule has 1 unspecified atom stereocenters. The molecule has 0 aliphatic rings. The van der Waals surface area contributed by atoms with Crippen LogP contribution in [0, 0.1) is 0 Å². The number of carbonyl (C=O) groups is 1. The smallest absolute Gasteiger partial charge is 0.248 e. The Morgan fingerprint density at radius 2 is 2.21 bits per heavy atom. The number of hydrogen-bond acceptors (Lipinski definition) is 3. The van der Waals surface area contributed by atoms with Crippen LogP contribution < -0.4 is 11.5 Å². The van der Waals surface area contributed by atoms with Gasteiger partial charge in [-0.1, -0.05) is 6.08 Å². The lowest BCUT2D eigenvalue weighted by Gasteiger charge is -2.09. The first-order valence-electron chi connectivity index (χ1n) is 4.07. The number of phenolic OH excluding ortho intramolecular Hbond substituents is 1. The van der Waals surface area contributed by atoms with Crippen molar-refractivity contribution >= 4 is 5.91 Å². The van der Waals surface area contributed by atoms with Crippen molar-refractivity contribution in [3.05, 3.63) is 42.0 Å². The fraction of sp³-hybridized carbons (Fsp3) is 0.100. The molecule has 0 spiro atoms. The monoisotopic (exact) mass is 192 g/mol. The Hall–Kier alpha value is -1.81. The van der Waals surface area contributed by atoms with Gasteiger partial charge < -0.3 is 16.6 Å². The van der Waals surface area contributed by atoms with Crippen LogP contribution in [0.25, 0.3) is 0 Å². The highest BCUT2D eigenvalue weighted by atomic mass is 16.3. The van der Waals surface area contributed by atoms with Crippen LogP contribution in [0.5, 0.6) is 5.75 Å². The molecule has 0 fully saturated rings. The molecule has 1 amide bonds. The Bertz CT molecular complexity index is 374. The quantitative estimate of drug-likeness (QED) is 0.615. The van der Waals surface area contributed by atoms with E-state index in [1.807, 2.05) is 0 Å². The zero-order valence-corrected chi connectivity index (χ0v) is 7.60. The number of carbonyl (C=O) groups excluding carboxylic acids is 1. The lowest BCUT2D eigenvalue weighted by Crippen LogP contribution is -2.13. The molecule has 0 bridgehead atoms. The molecule has 0 aliphatic heterocycles. The molecule has 1 aromatic rings. The third-order valence-corrected chi connectivity index (χ3v) is 1.93. The van der Waals surface area contributed by atoms with Crippen LogP contribution in [-0.4, -0.2) is 11.0 Å². The maximum absolute atomic E-state index is 10.8. The number of hydrogen-bond donors (Lipinski definition) is 3. The van der Waals surface area contributed by atoms with Crippen LogP contribution in [0.2, 0.25) is 0 Å². The minimum atomic E-state index is -0.553. The lowest BCUT2D eigenvalue weighted by atomic mass is 10.0. The molecule has 4 heteroatoms. The summed E-state index contributed by atoms with van der Waals surface area (Å²) in [5.74, 6) is -0.523. The molecule has 1 rings (SSSR count). The molecule has 0 saturated heterocycles. The van der Waals surface area contributed by atoms with Crippen molar-refractivity contribution in [2.24, 2.45) is 11.5 Å². The zero-order valence-electron chi connectivity index (χ0n) is 7.60. The first-order valence-corrected chi connectivity index (χ1v) is 4.07. The van der Waals surface area contributed by atoms with Crippen molar-refractivity contribution in [2.45, 2.75) is 6.04 Å². The van der Waals surface area contributed by atoms with Gasteiger partial charge in [0.1, 0.15) is 5.75 Å². The number of nitrogens with two attached hydrogens (primary N) is 2. The van der Waals surface area contributed by atoms with Gasteiger partial charge in [-0.15, -0.1) is 6.58 Å². The van der Waals surface area contributed by atoms with Gasteiger partial charge in [0.15, 0.2) is 0 Å². The van der Waals surface area contributed by atoms with Crippen LogP contribution in [0.15, 0.2) is 30.9 Å². The summed E-state index contributed by atoms with van der Waals surface area (Å²) < 4.78 is 0. The maximum atomic E-state index is 10.8. The molecule has 0 aliphatic carbocycles. The largest absolute Gasteiger partial charge is 0.508 e. The number of phenols is 1. The number of benzene rings is 1. The average Bonchev–Trinajstić information content (AvgIpc) is 2.17. The van der Waals surface area contributed by atoms with Crippen LogP contribution in [-0.2, 0) is 0 Å². The van der Waals surface area contributed by atoms with Crippen LogP contribution >= 0.6 is 0 Å². The van der Waals surface area contributed by atoms with Gasteiger partial charge in [0, 0.05) is 11.1 Å². The predicted octanol–water partition coefficient (Wildman–Crippen LogP) is 0.677. The molecule has 4 nitrogen and oxygen atoms in total. The van der Waals surface area contributed by atoms with Crippen molar-refractivity contribution in [3.63, 3.8) is 0 Å². The second kappa shape index (κ2) is 3.93. The third kappa shape index (κ3) is 1.92. The fourth-order valence-electron chi connectivity index (χ4n) is 1.10. The summed E-state index contributed by atoms with van der Waals surface area (Å²) in [6, 6.07) is 3.79. The predicted molar refractivity (Wildman–Crippen MR) is 53.8 cm³/mol. The molecule has 0 aromatic heterocycles. The van der Waals surface area contributed by atoms with Crippen molar-refractivity contribution in [3.8, 4) is 5.75 Å². The molecular formula is C10H12N2O2. The summed E-state index contributed by atoms with van der Waals surface area (Å²) in [7, 11) is 0. The van der Waals surface area contributed by atoms with Gasteiger partial charge in [-0.3, -0.25) is 4.79 Å². The van der Waals surface area contributed by atoms with Gasteiger partial charge in [-0.25, -0.2) is 0 Å².